The highest BCUT2D eigenvalue weighted by molar-refractivity contribution is 7.30. The number of benzene rings is 11. The number of hydrogen-bond acceptors (Lipinski definition) is 6. The normalized spacial score (nSPS) is 16.7. The number of anilines is 12. The molecule has 1 atom stereocenters. The summed E-state index contributed by atoms with van der Waals surface area (Å²) < 4.78 is 2.93. The van der Waals surface area contributed by atoms with Crippen molar-refractivity contribution in [3.05, 3.63) is 296 Å². The lowest BCUT2D eigenvalue weighted by Crippen LogP contribution is -2.60. The number of nitrogens with zero attached hydrogens (tertiary/aromatic N) is 4. The Morgan fingerprint density at radius 1 is 0.363 bits per heavy atom. The third-order valence-electron chi connectivity index (χ3n) is 26.9. The van der Waals surface area contributed by atoms with Crippen molar-refractivity contribution in [3.63, 3.8) is 0 Å². The van der Waals surface area contributed by atoms with Crippen LogP contribution in [0.15, 0.2) is 231 Å². The van der Waals surface area contributed by atoms with Gasteiger partial charge in [-0.25, -0.2) is 0 Å². The van der Waals surface area contributed by atoms with Gasteiger partial charge in [-0.15, -0.1) is 0 Å². The van der Waals surface area contributed by atoms with Crippen LogP contribution in [0, 0.1) is 27.7 Å². The molecule has 0 spiro atoms. The van der Waals surface area contributed by atoms with Gasteiger partial charge in [-0.3, -0.25) is 0 Å². The molecule has 0 bridgehead atoms. The third-order valence-corrected chi connectivity index (χ3v) is 30.1. The van der Waals surface area contributed by atoms with Gasteiger partial charge in [0.25, 0.3) is 13.4 Å². The van der Waals surface area contributed by atoms with Gasteiger partial charge in [0, 0.05) is 76.1 Å². The zero-order chi connectivity index (χ0) is 78.6. The molecule has 13 aromatic rings. The zero-order valence-corrected chi connectivity index (χ0v) is 71.4. The highest BCUT2D eigenvalue weighted by atomic mass is 32.1. The van der Waals surface area contributed by atoms with E-state index < -0.39 is 0 Å². The Labute approximate surface area is 681 Å². The summed E-state index contributed by atoms with van der Waals surface area (Å²) in [6.07, 6.45) is 5.42. The van der Waals surface area contributed by atoms with E-state index in [9.17, 15) is 0 Å². The molecule has 1 unspecified atom stereocenters. The Hall–Kier alpha value is -9.85. The van der Waals surface area contributed by atoms with Crippen LogP contribution in [0.4, 0.5) is 68.2 Å². The van der Waals surface area contributed by atoms with Crippen molar-refractivity contribution in [3.8, 4) is 33.4 Å². The van der Waals surface area contributed by atoms with Gasteiger partial charge in [-0.2, -0.15) is 22.7 Å². The average molecular weight is 1510 g/mol. The number of rotatable bonds is 10. The Morgan fingerprint density at radius 2 is 0.805 bits per heavy atom. The van der Waals surface area contributed by atoms with Gasteiger partial charge in [0.2, 0.25) is 0 Å². The first kappa shape index (κ1) is 73.3. The molecule has 6 heterocycles. The van der Waals surface area contributed by atoms with E-state index in [1.807, 2.05) is 0 Å². The minimum absolute atomic E-state index is 0.00512. The van der Waals surface area contributed by atoms with Crippen LogP contribution in [0.5, 0.6) is 0 Å². The van der Waals surface area contributed by atoms with Crippen LogP contribution in [0.2, 0.25) is 0 Å². The van der Waals surface area contributed by atoms with Crippen molar-refractivity contribution >= 4 is 136 Å². The van der Waals surface area contributed by atoms with Crippen LogP contribution in [0.1, 0.15) is 201 Å². The summed E-state index contributed by atoms with van der Waals surface area (Å²) >= 11 is 4.24. The van der Waals surface area contributed by atoms with Crippen LogP contribution in [-0.2, 0) is 38.9 Å². The second kappa shape index (κ2) is 26.1. The molecule has 0 saturated heterocycles. The molecule has 0 amide bonds. The molecule has 2 aliphatic carbocycles. The van der Waals surface area contributed by atoms with Crippen LogP contribution >= 0.6 is 22.7 Å². The predicted octanol–water partition coefficient (Wildman–Crippen LogP) is 25.8. The van der Waals surface area contributed by atoms with E-state index in [1.165, 1.54) is 189 Å². The average Bonchev–Trinajstić information content (AvgIpc) is 1.60. The second-order valence-corrected chi connectivity index (χ2v) is 41.0. The van der Waals surface area contributed by atoms with E-state index in [1.54, 1.807) is 9.75 Å². The highest BCUT2D eigenvalue weighted by Gasteiger charge is 2.54. The van der Waals surface area contributed by atoms with Crippen molar-refractivity contribution in [2.45, 2.75) is 202 Å². The Kier molecular flexibility index (Phi) is 16.9. The molecule has 113 heavy (non-hydrogen) atoms. The monoisotopic (exact) mass is 1510 g/mol. The van der Waals surface area contributed by atoms with Crippen molar-refractivity contribution < 1.29 is 0 Å². The molecule has 2 aromatic heterocycles. The fourth-order valence-corrected chi connectivity index (χ4v) is 23.8. The van der Waals surface area contributed by atoms with Gasteiger partial charge < -0.3 is 19.6 Å². The molecule has 4 nitrogen and oxygen atoms in total. The Morgan fingerprint density at radius 3 is 1.32 bits per heavy atom. The van der Waals surface area contributed by atoms with Crippen LogP contribution in [0.25, 0.3) is 33.4 Å². The number of aryl methyl sites for hydroxylation is 4. The van der Waals surface area contributed by atoms with Crippen LogP contribution < -0.4 is 51.0 Å². The van der Waals surface area contributed by atoms with Crippen molar-refractivity contribution in [1.82, 2.24) is 0 Å². The summed E-state index contributed by atoms with van der Waals surface area (Å²) in [5.74, 6) is 0.138. The summed E-state index contributed by atoms with van der Waals surface area (Å²) in [6, 6.07) is 90.5. The Bertz CT molecular complexity index is 6040. The van der Waals surface area contributed by atoms with Gasteiger partial charge in [0.15, 0.2) is 0 Å². The topological polar surface area (TPSA) is 13.0 Å². The largest absolute Gasteiger partial charge is 0.311 e. The molecule has 6 aliphatic rings. The number of hydrogen-bond donors (Lipinski definition) is 0. The van der Waals surface area contributed by atoms with E-state index in [-0.39, 0.29) is 51.8 Å². The summed E-state index contributed by atoms with van der Waals surface area (Å²) in [6.45, 7) is 46.0. The molecule has 0 fully saturated rings. The van der Waals surface area contributed by atoms with E-state index in [2.05, 4.69) is 404 Å². The molecule has 564 valence electrons. The van der Waals surface area contributed by atoms with Crippen LogP contribution in [-0.4, -0.2) is 13.4 Å². The Balaban J connectivity index is 0.791. The maximum atomic E-state index is 2.73. The van der Waals surface area contributed by atoms with Crippen molar-refractivity contribution in [2.24, 2.45) is 0 Å². The maximum absolute atomic E-state index is 2.73. The minimum atomic E-state index is -0.0454. The zero-order valence-electron chi connectivity index (χ0n) is 69.8. The maximum Gasteiger partial charge on any atom is 0.264 e. The molecule has 0 radical (unpaired) electrons. The van der Waals surface area contributed by atoms with Crippen LogP contribution in [0.3, 0.4) is 0 Å². The smallest absolute Gasteiger partial charge is 0.264 e. The minimum Gasteiger partial charge on any atom is -0.311 e. The lowest BCUT2D eigenvalue weighted by molar-refractivity contribution is 0.339. The predicted molar refractivity (Wildman–Crippen MR) is 492 cm³/mol. The van der Waals surface area contributed by atoms with E-state index in [4.69, 9.17) is 0 Å². The standard InChI is InChI=1S/C105H106B2N4S2/c1-63-34-47-79(84(54-63)111-85-62-72(69-30-24-21-25-31-69)37-48-80(85)106-92-86(55-65(3)58-89(92)111)108(76-43-39-74(40-44-76)100(6,7)8)94-90-96(112-98(94)106)104(16,17)52-50-102(90,12)13)78-33-27-26-32-73(78)59-67(5)70-38-49-82-81(60-70)107-93-87(56-64(2)57-88(93)110(82)83-61-71(36-35-66(83)4)68-28-22-20-23-29-68)109(77-45-41-75(42-46-77)101(9,10)11)95-91-97(113-99(95)107)105(18,19)53-51-103(91,14)15/h20-49,54-58,60-62,67H,50-53,59H2,1-19H3. The van der Waals surface area contributed by atoms with E-state index >= 15 is 0 Å². The number of thiophene rings is 2. The molecular formula is C105H106B2N4S2. The highest BCUT2D eigenvalue weighted by Crippen LogP contribution is 2.60. The summed E-state index contributed by atoms with van der Waals surface area (Å²) in [5, 5.41) is 0. The van der Waals surface area contributed by atoms with Gasteiger partial charge in [-0.05, 0) is 276 Å². The van der Waals surface area contributed by atoms with E-state index in [0.717, 1.165) is 32.1 Å². The van der Waals surface area contributed by atoms with Crippen molar-refractivity contribution in [1.29, 1.82) is 0 Å². The second-order valence-electron chi connectivity index (χ2n) is 38.9. The molecule has 11 aromatic carbocycles. The van der Waals surface area contributed by atoms with Gasteiger partial charge >= 0.3 is 0 Å². The molecule has 0 saturated carbocycles. The fraction of sp³-hybridized carbons (Fsp3) is 0.295. The van der Waals surface area contributed by atoms with E-state index in [0.29, 0.717) is 0 Å². The van der Waals surface area contributed by atoms with Gasteiger partial charge in [-0.1, -0.05) is 262 Å². The fourth-order valence-electron chi connectivity index (χ4n) is 20.4. The quantitative estimate of drug-likeness (QED) is 0.127. The lowest BCUT2D eigenvalue weighted by Gasteiger charge is -2.46. The summed E-state index contributed by atoms with van der Waals surface area (Å²) in [7, 11) is 0. The summed E-state index contributed by atoms with van der Waals surface area (Å²) in [4.78, 5) is 13.9. The molecule has 8 heteroatoms. The first-order chi connectivity index (χ1) is 53.8. The SMILES string of the molecule is Cc1ccc(-c2ccccc2CC(C)c2ccc3c(c2)B2c4sc5c(c4N(c4ccc(C(C)(C)C)cc4)c4cc(C)cc(c42)N3c2cc(-c3ccccc3)ccc2C)C(C)(C)CCC5(C)C)c(N2c3cc(-c4ccccc4)ccc3B3c4sc5c(c4N(c4ccc(C(C)(C)C)cc4)c4cc(C)cc2c43)C(C)(C)CCC5(C)C)c1. The molecule has 19 rings (SSSR count). The summed E-state index contributed by atoms with van der Waals surface area (Å²) in [5.41, 5.74) is 41.5. The molecular weight excluding hydrogens is 1400 g/mol. The van der Waals surface area contributed by atoms with Gasteiger partial charge in [0.1, 0.15) is 0 Å². The molecule has 0 N–H and O–H groups in total. The first-order valence-electron chi connectivity index (χ1n) is 41.6. The molecule has 4 aliphatic heterocycles. The van der Waals surface area contributed by atoms with Gasteiger partial charge in [0.05, 0.1) is 17.1 Å². The van der Waals surface area contributed by atoms with Crippen molar-refractivity contribution in [2.75, 3.05) is 19.6 Å². The lowest BCUT2D eigenvalue weighted by atomic mass is 9.35. The first-order valence-corrected chi connectivity index (χ1v) is 43.2. The number of fused-ring (bicyclic) bond motifs is 12. The third kappa shape index (κ3) is 11.8.